The maximum atomic E-state index is 14.3. The second-order valence-corrected chi connectivity index (χ2v) is 15.2. The summed E-state index contributed by atoms with van der Waals surface area (Å²) in [6.45, 7) is 8.69. The van der Waals surface area contributed by atoms with E-state index in [4.69, 9.17) is 14.2 Å². The monoisotopic (exact) mass is 730 g/mol. The van der Waals surface area contributed by atoms with Crippen LogP contribution in [0.2, 0.25) is 0 Å². The Kier molecular flexibility index (Phi) is 9.68. The Labute approximate surface area is 307 Å². The lowest BCUT2D eigenvalue weighted by molar-refractivity contribution is -0.224. The number of carbonyl (C=O) groups excluding carboxylic acids is 3. The van der Waals surface area contributed by atoms with Crippen molar-refractivity contribution >= 4 is 23.9 Å². The molecule has 2 fully saturated rings. The van der Waals surface area contributed by atoms with E-state index < -0.39 is 40.9 Å². The Hall–Kier alpha value is -4.64. The normalized spacial score (nSPS) is 25.8. The Bertz CT molecular complexity index is 1910. The minimum atomic E-state index is -4.46. The molecule has 5 atom stereocenters. The molecule has 7 rings (SSSR count). The van der Waals surface area contributed by atoms with Crippen LogP contribution in [0.4, 0.5) is 13.2 Å². The van der Waals surface area contributed by atoms with Gasteiger partial charge in [-0.15, -0.1) is 0 Å². The topological polar surface area (TPSA) is 85.4 Å². The second-order valence-electron chi connectivity index (χ2n) is 15.2. The lowest BCUT2D eigenvalue weighted by Gasteiger charge is -2.65. The summed E-state index contributed by atoms with van der Waals surface area (Å²) in [5.41, 5.74) is 1.03. The summed E-state index contributed by atoms with van der Waals surface area (Å²) in [6.07, 6.45) is 0.813. The van der Waals surface area contributed by atoms with Crippen LogP contribution in [0.25, 0.3) is 6.08 Å². The van der Waals surface area contributed by atoms with Crippen molar-refractivity contribution in [1.82, 2.24) is 9.80 Å². The van der Waals surface area contributed by atoms with Crippen LogP contribution >= 0.6 is 0 Å². The number of esters is 2. The third-order valence-electron chi connectivity index (χ3n) is 11.5. The van der Waals surface area contributed by atoms with Crippen LogP contribution in [0.15, 0.2) is 72.8 Å². The van der Waals surface area contributed by atoms with Gasteiger partial charge in [0.05, 0.1) is 23.1 Å². The molecule has 280 valence electrons. The van der Waals surface area contributed by atoms with Crippen molar-refractivity contribution in [2.45, 2.75) is 95.2 Å². The third-order valence-corrected chi connectivity index (χ3v) is 11.5. The average Bonchev–Trinajstić information content (AvgIpc) is 3.46. The van der Waals surface area contributed by atoms with Gasteiger partial charge in [0, 0.05) is 38.6 Å². The van der Waals surface area contributed by atoms with Crippen LogP contribution in [0, 0.1) is 5.92 Å². The summed E-state index contributed by atoms with van der Waals surface area (Å²) in [5, 5.41) is 0. The number of benzene rings is 3. The highest BCUT2D eigenvalue weighted by Gasteiger charge is 2.75. The molecule has 11 heteroatoms. The molecule has 0 aromatic heterocycles. The molecule has 3 aromatic rings. The highest BCUT2D eigenvalue weighted by atomic mass is 19.4. The van der Waals surface area contributed by atoms with E-state index in [-0.39, 0.29) is 23.8 Å². The summed E-state index contributed by atoms with van der Waals surface area (Å²) in [5.74, 6) is -0.351. The SMILES string of the molecule is CC(=O)Oc1ccc2c3c1O[C@H]1[C@H](N(CC(C)C)C(=O)C=Cc4ccc(C(F)(F)F)cc4)CC[C@@]4(OC(C)=O)[C@@H](C2)N(CCc2ccccc2)CC[C@]314. The molecule has 1 saturated heterocycles. The van der Waals surface area contributed by atoms with Gasteiger partial charge in [-0.3, -0.25) is 19.3 Å². The van der Waals surface area contributed by atoms with Crippen molar-refractivity contribution in [3.05, 3.63) is 101 Å². The van der Waals surface area contributed by atoms with Crippen molar-refractivity contribution in [3.8, 4) is 11.5 Å². The minimum absolute atomic E-state index is 0.0750. The smallest absolute Gasteiger partial charge is 0.416 e. The van der Waals surface area contributed by atoms with Gasteiger partial charge < -0.3 is 19.1 Å². The van der Waals surface area contributed by atoms with Crippen LogP contribution in [0.1, 0.15) is 74.8 Å². The number of likely N-dealkylation sites (tertiary alicyclic amines) is 1. The van der Waals surface area contributed by atoms with Crippen molar-refractivity contribution in [2.75, 3.05) is 19.6 Å². The summed E-state index contributed by atoms with van der Waals surface area (Å²) >= 11 is 0. The Morgan fingerprint density at radius 1 is 1.00 bits per heavy atom. The molecule has 1 spiro atoms. The number of hydrogen-bond donors (Lipinski definition) is 0. The van der Waals surface area contributed by atoms with Gasteiger partial charge in [-0.1, -0.05) is 62.4 Å². The number of amides is 1. The molecule has 0 radical (unpaired) electrons. The zero-order valence-electron chi connectivity index (χ0n) is 30.4. The molecule has 0 unspecified atom stereocenters. The number of alkyl halides is 3. The van der Waals surface area contributed by atoms with Crippen LogP contribution in [-0.2, 0) is 43.6 Å². The predicted molar refractivity (Wildman–Crippen MR) is 192 cm³/mol. The summed E-state index contributed by atoms with van der Waals surface area (Å²) in [6, 6.07) is 18.1. The minimum Gasteiger partial charge on any atom is -0.483 e. The maximum Gasteiger partial charge on any atom is 0.416 e. The molecule has 1 amide bonds. The fraction of sp³-hybridized carbons (Fsp3) is 0.452. The van der Waals surface area contributed by atoms with Crippen molar-refractivity contribution in [1.29, 1.82) is 0 Å². The summed E-state index contributed by atoms with van der Waals surface area (Å²) < 4.78 is 58.9. The van der Waals surface area contributed by atoms with E-state index in [0.717, 1.165) is 36.2 Å². The van der Waals surface area contributed by atoms with E-state index in [9.17, 15) is 27.6 Å². The van der Waals surface area contributed by atoms with Crippen molar-refractivity contribution in [2.24, 2.45) is 5.92 Å². The molecule has 3 aromatic carbocycles. The number of halogens is 3. The van der Waals surface area contributed by atoms with Gasteiger partial charge in [0.15, 0.2) is 11.5 Å². The molecule has 53 heavy (non-hydrogen) atoms. The first-order chi connectivity index (χ1) is 25.2. The van der Waals surface area contributed by atoms with Gasteiger partial charge in [0.1, 0.15) is 11.7 Å². The standard InChI is InChI=1S/C42H45F3N2O6/c1-26(2)25-47(36(50)17-12-30-10-14-32(15-11-30)42(43,44)45)33-18-20-41(53-28(4)49)35-24-31-13-16-34(51-27(3)48)38-37(31)40(41,39(33)52-38)21-23-46(35)22-19-29-8-6-5-7-9-29/h5-17,26,33,35,39H,18-25H2,1-4H3/t33-,35-,39+,40+,41-/m1/s1. The van der Waals surface area contributed by atoms with E-state index in [2.05, 4.69) is 17.0 Å². The summed E-state index contributed by atoms with van der Waals surface area (Å²) in [7, 11) is 0. The van der Waals surface area contributed by atoms with Crippen LogP contribution in [-0.4, -0.2) is 71.1 Å². The van der Waals surface area contributed by atoms with Gasteiger partial charge in [-0.25, -0.2) is 0 Å². The molecule has 2 aliphatic heterocycles. The third kappa shape index (κ3) is 6.51. The van der Waals surface area contributed by atoms with E-state index in [1.54, 1.807) is 6.07 Å². The van der Waals surface area contributed by atoms with E-state index in [1.165, 1.54) is 43.7 Å². The van der Waals surface area contributed by atoms with Crippen molar-refractivity contribution < 1.29 is 41.8 Å². The zero-order chi connectivity index (χ0) is 37.7. The Morgan fingerprint density at radius 3 is 2.40 bits per heavy atom. The molecule has 4 aliphatic rings. The van der Waals surface area contributed by atoms with Gasteiger partial charge in [0.2, 0.25) is 5.91 Å². The van der Waals surface area contributed by atoms with Gasteiger partial charge in [-0.2, -0.15) is 13.2 Å². The predicted octanol–water partition coefficient (Wildman–Crippen LogP) is 7.16. The lowest BCUT2D eigenvalue weighted by atomic mass is 9.48. The van der Waals surface area contributed by atoms with Gasteiger partial charge in [-0.05, 0) is 85.5 Å². The summed E-state index contributed by atoms with van der Waals surface area (Å²) in [4.78, 5) is 44.0. The van der Waals surface area contributed by atoms with Gasteiger partial charge >= 0.3 is 18.1 Å². The van der Waals surface area contributed by atoms with Crippen LogP contribution < -0.4 is 9.47 Å². The number of nitrogens with zero attached hydrogens (tertiary/aromatic N) is 2. The fourth-order valence-electron chi connectivity index (χ4n) is 9.60. The number of carbonyl (C=O) groups is 3. The number of ether oxygens (including phenoxy) is 3. The second kappa shape index (κ2) is 14.0. The Morgan fingerprint density at radius 2 is 1.74 bits per heavy atom. The molecule has 2 heterocycles. The molecule has 2 aliphatic carbocycles. The van der Waals surface area contributed by atoms with Crippen LogP contribution in [0.3, 0.4) is 0 Å². The Balaban J connectivity index is 1.30. The maximum absolute atomic E-state index is 14.3. The largest absolute Gasteiger partial charge is 0.483 e. The molecular formula is C42H45F3N2O6. The number of rotatable bonds is 10. The molecule has 8 nitrogen and oxygen atoms in total. The average molecular weight is 731 g/mol. The van der Waals surface area contributed by atoms with Crippen LogP contribution in [0.5, 0.6) is 11.5 Å². The first-order valence-electron chi connectivity index (χ1n) is 18.4. The highest BCUT2D eigenvalue weighted by molar-refractivity contribution is 5.92. The quantitative estimate of drug-likeness (QED) is 0.124. The lowest BCUT2D eigenvalue weighted by Crippen LogP contribution is -2.79. The molecule has 0 N–H and O–H groups in total. The first kappa shape index (κ1) is 36.7. The van der Waals surface area contributed by atoms with E-state index >= 15 is 0 Å². The number of piperidine rings is 1. The van der Waals surface area contributed by atoms with Gasteiger partial charge in [0.25, 0.3) is 0 Å². The highest BCUT2D eigenvalue weighted by Crippen LogP contribution is 2.67. The first-order valence-corrected chi connectivity index (χ1v) is 18.4. The van der Waals surface area contributed by atoms with E-state index in [1.807, 2.05) is 43.0 Å². The fourth-order valence-corrected chi connectivity index (χ4v) is 9.60. The molecular weight excluding hydrogens is 685 g/mol. The zero-order valence-corrected chi connectivity index (χ0v) is 30.4. The molecule has 2 bridgehead atoms. The molecule has 1 saturated carbocycles. The van der Waals surface area contributed by atoms with E-state index in [0.29, 0.717) is 55.8 Å². The number of hydrogen-bond acceptors (Lipinski definition) is 7. The van der Waals surface area contributed by atoms with Crippen molar-refractivity contribution in [3.63, 3.8) is 0 Å².